The van der Waals surface area contributed by atoms with Gasteiger partial charge in [-0.25, -0.2) is 0 Å². The number of methoxy groups -OCH3 is 1. The molecule has 0 aliphatic carbocycles. The third kappa shape index (κ3) is 3.53. The zero-order chi connectivity index (χ0) is 17.7. The summed E-state index contributed by atoms with van der Waals surface area (Å²) in [5.41, 5.74) is 0.719. The molecule has 6 nitrogen and oxygen atoms in total. The Morgan fingerprint density at radius 1 is 1.42 bits per heavy atom. The van der Waals surface area contributed by atoms with Gasteiger partial charge in [0.25, 0.3) is 0 Å². The average molecular weight is 362 g/mol. The smallest absolute Gasteiger partial charge is 0.316 e. The molecule has 2 atom stereocenters. The lowest BCUT2D eigenvalue weighted by molar-refractivity contribution is -0.137. The van der Waals surface area contributed by atoms with Crippen LogP contribution in [0.5, 0.6) is 0 Å². The van der Waals surface area contributed by atoms with Crippen LogP contribution in [0.25, 0.3) is 0 Å². The summed E-state index contributed by atoms with van der Waals surface area (Å²) >= 11 is 7.17. The minimum absolute atomic E-state index is 0.0657. The zero-order valence-corrected chi connectivity index (χ0v) is 14.1. The van der Waals surface area contributed by atoms with E-state index in [-0.39, 0.29) is 16.4 Å². The highest BCUT2D eigenvalue weighted by Crippen LogP contribution is 2.41. The van der Waals surface area contributed by atoms with Crippen molar-refractivity contribution in [3.63, 3.8) is 0 Å². The van der Waals surface area contributed by atoms with Crippen molar-refractivity contribution >= 4 is 35.2 Å². The molecule has 0 radical (unpaired) electrons. The van der Waals surface area contributed by atoms with Gasteiger partial charge in [0.05, 0.1) is 35.6 Å². The van der Waals surface area contributed by atoms with E-state index in [2.05, 4.69) is 10.1 Å². The molecule has 0 saturated carbocycles. The fourth-order valence-electron chi connectivity index (χ4n) is 2.34. The summed E-state index contributed by atoms with van der Waals surface area (Å²) in [5.74, 6) is -2.96. The average Bonchev–Trinajstić information content (AvgIpc) is 2.59. The van der Waals surface area contributed by atoms with Gasteiger partial charge in [-0.3, -0.25) is 9.59 Å². The third-order valence-corrected chi connectivity index (χ3v) is 4.80. The van der Waals surface area contributed by atoms with E-state index < -0.39 is 23.7 Å². The number of rotatable bonds is 4. The Bertz CT molecular complexity index is 794. The topological polar surface area (TPSA) is 103 Å². The number of nitrogens with one attached hydrogen (secondary N) is 1. The fraction of sp³-hybridized carbons (Fsp3) is 0.250. The van der Waals surface area contributed by atoms with E-state index in [1.165, 1.54) is 7.11 Å². The quantitative estimate of drug-likeness (QED) is 0.825. The van der Waals surface area contributed by atoms with Crippen LogP contribution in [-0.4, -0.2) is 24.7 Å². The Labute approximate surface area is 148 Å². The maximum absolute atomic E-state index is 12.3. The molecule has 0 saturated heterocycles. The van der Waals surface area contributed by atoms with Gasteiger partial charge in [-0.2, -0.15) is 10.5 Å². The van der Waals surface area contributed by atoms with Crippen molar-refractivity contribution in [2.75, 3.05) is 12.9 Å². The summed E-state index contributed by atoms with van der Waals surface area (Å²) in [6.07, 6.45) is 0. The Morgan fingerprint density at radius 2 is 2.12 bits per heavy atom. The number of carbonyl (C=O) groups excluding carboxylic acids is 2. The number of allylic oxidation sites excluding steroid dienone is 1. The van der Waals surface area contributed by atoms with Gasteiger partial charge in [-0.1, -0.05) is 41.6 Å². The number of nitrogens with zero attached hydrogens (tertiary/aromatic N) is 2. The van der Waals surface area contributed by atoms with E-state index in [1.807, 2.05) is 12.1 Å². The van der Waals surface area contributed by atoms with Crippen LogP contribution < -0.4 is 5.32 Å². The molecule has 24 heavy (non-hydrogen) atoms. The Balaban J connectivity index is 2.52. The van der Waals surface area contributed by atoms with Gasteiger partial charge < -0.3 is 10.1 Å². The summed E-state index contributed by atoms with van der Waals surface area (Å²) in [4.78, 5) is 23.6. The van der Waals surface area contributed by atoms with Crippen molar-refractivity contribution in [1.29, 1.82) is 10.5 Å². The summed E-state index contributed by atoms with van der Waals surface area (Å²) < 4.78 is 4.56. The second-order valence-electron chi connectivity index (χ2n) is 4.81. The van der Waals surface area contributed by atoms with E-state index in [0.29, 0.717) is 10.6 Å². The maximum atomic E-state index is 12.3. The van der Waals surface area contributed by atoms with Crippen LogP contribution in [0, 0.1) is 28.6 Å². The first-order valence-corrected chi connectivity index (χ1v) is 8.18. The molecule has 1 aromatic carbocycles. The second kappa shape index (κ2) is 7.87. The molecular weight excluding hydrogens is 350 g/mol. The van der Waals surface area contributed by atoms with Gasteiger partial charge in [0.1, 0.15) is 5.92 Å². The summed E-state index contributed by atoms with van der Waals surface area (Å²) in [5, 5.41) is 22.1. The predicted octanol–water partition coefficient (Wildman–Crippen LogP) is 2.33. The van der Waals surface area contributed by atoms with Crippen LogP contribution in [-0.2, 0) is 14.3 Å². The van der Waals surface area contributed by atoms with E-state index in [9.17, 15) is 20.1 Å². The molecule has 0 fully saturated rings. The number of halogens is 1. The minimum Gasteiger partial charge on any atom is -0.468 e. The van der Waals surface area contributed by atoms with Gasteiger partial charge in [-0.05, 0) is 11.6 Å². The summed E-state index contributed by atoms with van der Waals surface area (Å²) in [6, 6.07) is 10.7. The number of benzene rings is 1. The molecule has 0 spiro atoms. The van der Waals surface area contributed by atoms with Crippen molar-refractivity contribution < 1.29 is 14.3 Å². The largest absolute Gasteiger partial charge is 0.468 e. The number of nitriles is 2. The van der Waals surface area contributed by atoms with Gasteiger partial charge in [0, 0.05) is 10.9 Å². The van der Waals surface area contributed by atoms with Crippen LogP contribution in [0.4, 0.5) is 0 Å². The number of ether oxygens (including phenoxy) is 1. The summed E-state index contributed by atoms with van der Waals surface area (Å²) in [6.45, 7) is 0. The van der Waals surface area contributed by atoms with Crippen LogP contribution in [0.3, 0.4) is 0 Å². The van der Waals surface area contributed by atoms with E-state index >= 15 is 0 Å². The second-order valence-corrected chi connectivity index (χ2v) is 6.21. The van der Waals surface area contributed by atoms with Crippen molar-refractivity contribution in [2.24, 2.45) is 5.92 Å². The minimum atomic E-state index is -1.08. The lowest BCUT2D eigenvalue weighted by Gasteiger charge is -2.29. The monoisotopic (exact) mass is 361 g/mol. The molecule has 8 heteroatoms. The molecule has 0 unspecified atom stereocenters. The van der Waals surface area contributed by atoms with Crippen LogP contribution in [0.1, 0.15) is 11.5 Å². The molecule has 1 aliphatic heterocycles. The third-order valence-electron chi connectivity index (χ3n) is 3.47. The zero-order valence-electron chi connectivity index (χ0n) is 12.6. The highest BCUT2D eigenvalue weighted by atomic mass is 35.5. The van der Waals surface area contributed by atoms with E-state index in [0.717, 1.165) is 11.8 Å². The molecule has 122 valence electrons. The number of esters is 1. The predicted molar refractivity (Wildman–Crippen MR) is 88.6 cm³/mol. The molecule has 0 aromatic heterocycles. The van der Waals surface area contributed by atoms with Gasteiger partial charge in [0.15, 0.2) is 0 Å². The molecule has 2 rings (SSSR count). The Morgan fingerprint density at radius 3 is 2.71 bits per heavy atom. The van der Waals surface area contributed by atoms with Crippen molar-refractivity contribution in [3.8, 4) is 12.1 Å². The van der Waals surface area contributed by atoms with Crippen LogP contribution in [0.15, 0.2) is 34.9 Å². The Hall–Kier alpha value is -2.48. The molecule has 1 heterocycles. The number of amides is 1. The molecular formula is C16H12ClN3O3S. The van der Waals surface area contributed by atoms with Gasteiger partial charge in [-0.15, -0.1) is 0 Å². The lowest BCUT2D eigenvalue weighted by Crippen LogP contribution is -2.39. The molecule has 1 aliphatic rings. The first-order valence-electron chi connectivity index (χ1n) is 6.82. The normalized spacial score (nSPS) is 19.9. The van der Waals surface area contributed by atoms with Crippen LogP contribution >= 0.6 is 23.4 Å². The van der Waals surface area contributed by atoms with E-state index in [1.54, 1.807) is 24.3 Å². The lowest BCUT2D eigenvalue weighted by atomic mass is 9.79. The van der Waals surface area contributed by atoms with Crippen molar-refractivity contribution in [1.82, 2.24) is 5.32 Å². The Kier molecular flexibility index (Phi) is 5.86. The number of thioether (sulfide) groups is 1. The molecule has 1 N–H and O–H groups in total. The molecule has 1 aromatic rings. The van der Waals surface area contributed by atoms with E-state index in [4.69, 9.17) is 11.6 Å². The standard InChI is InChI=1S/C16H12ClN3O3S/c1-23-13(21)8-24-16-11(7-19)14(10(6-18)15(22)20-16)9-4-2-3-5-12(9)17/h2-5,10,14H,8H2,1H3,(H,20,22)/t10-,14-/m1/s1. The first kappa shape index (κ1) is 17.9. The number of hydrogen-bond donors (Lipinski definition) is 1. The van der Waals surface area contributed by atoms with Crippen LogP contribution in [0.2, 0.25) is 5.02 Å². The van der Waals surface area contributed by atoms with Crippen molar-refractivity contribution in [3.05, 3.63) is 45.5 Å². The molecule has 0 bridgehead atoms. The first-order chi connectivity index (χ1) is 11.5. The van der Waals surface area contributed by atoms with Gasteiger partial charge in [0.2, 0.25) is 5.91 Å². The fourth-order valence-corrected chi connectivity index (χ4v) is 3.47. The SMILES string of the molecule is COC(=O)CSC1=C(C#N)[C@H](c2ccccc2Cl)[C@@H](C#N)C(=O)N1. The molecule has 1 amide bonds. The maximum Gasteiger partial charge on any atom is 0.316 e. The van der Waals surface area contributed by atoms with Crippen molar-refractivity contribution in [2.45, 2.75) is 5.92 Å². The number of hydrogen-bond acceptors (Lipinski definition) is 6. The highest BCUT2D eigenvalue weighted by molar-refractivity contribution is 8.03. The highest BCUT2D eigenvalue weighted by Gasteiger charge is 2.40. The van der Waals surface area contributed by atoms with Gasteiger partial charge >= 0.3 is 5.97 Å². The number of carbonyl (C=O) groups is 2. The summed E-state index contributed by atoms with van der Waals surface area (Å²) in [7, 11) is 1.25.